The molecule has 4 nitrogen and oxygen atoms in total. The number of aliphatic imine (C=N–C) groups is 1. The van der Waals surface area contributed by atoms with Crippen LogP contribution in [0.25, 0.3) is 0 Å². The molecule has 1 aromatic carbocycles. The van der Waals surface area contributed by atoms with Crippen LogP contribution in [0.3, 0.4) is 0 Å². The van der Waals surface area contributed by atoms with Gasteiger partial charge in [-0.1, -0.05) is 17.7 Å². The SMILES string of the molecule is Cc1ccc(N=C=O)cc1.N=C=O. The second-order valence-corrected chi connectivity index (χ2v) is 2.14. The maximum Gasteiger partial charge on any atom is 0.240 e. The Bertz CT molecular complexity index is 331. The molecule has 1 rings (SSSR count). The van der Waals surface area contributed by atoms with Gasteiger partial charge in [0.2, 0.25) is 12.2 Å². The zero-order valence-electron chi connectivity index (χ0n) is 7.07. The number of isocyanates is 2. The number of rotatable bonds is 1. The topological polar surface area (TPSA) is 70.3 Å². The summed E-state index contributed by atoms with van der Waals surface area (Å²) in [6, 6.07) is 7.35. The monoisotopic (exact) mass is 176 g/mol. The Hall–Kier alpha value is -2.02. The van der Waals surface area contributed by atoms with Crippen LogP contribution in [-0.2, 0) is 9.59 Å². The van der Waals surface area contributed by atoms with Crippen molar-refractivity contribution in [2.75, 3.05) is 0 Å². The first-order valence-electron chi connectivity index (χ1n) is 3.43. The van der Waals surface area contributed by atoms with Gasteiger partial charge in [-0.25, -0.2) is 15.0 Å². The van der Waals surface area contributed by atoms with Gasteiger partial charge in [-0.05, 0) is 19.1 Å². The predicted octanol–water partition coefficient (Wildman–Crippen LogP) is 1.86. The zero-order valence-corrected chi connectivity index (χ0v) is 7.07. The maximum absolute atomic E-state index is 9.77. The lowest BCUT2D eigenvalue weighted by atomic mass is 10.2. The van der Waals surface area contributed by atoms with Gasteiger partial charge in [-0.2, -0.15) is 4.99 Å². The Labute approximate surface area is 75.4 Å². The van der Waals surface area contributed by atoms with Gasteiger partial charge in [0.25, 0.3) is 0 Å². The quantitative estimate of drug-likeness (QED) is 0.524. The lowest BCUT2D eigenvalue weighted by Gasteiger charge is -1.89. The van der Waals surface area contributed by atoms with Crippen LogP contribution in [0.15, 0.2) is 29.3 Å². The van der Waals surface area contributed by atoms with Crippen molar-refractivity contribution in [3.8, 4) is 0 Å². The van der Waals surface area contributed by atoms with E-state index in [1.54, 1.807) is 12.1 Å². The standard InChI is InChI=1S/C8H7NO.CHNO/c1-7-2-4-8(5-3-7)9-6-10;2-1-3/h2-5H,1H3;2H. The summed E-state index contributed by atoms with van der Waals surface area (Å²) in [5.41, 5.74) is 1.81. The molecule has 0 aliphatic heterocycles. The molecule has 0 aliphatic rings. The van der Waals surface area contributed by atoms with Crippen LogP contribution >= 0.6 is 0 Å². The van der Waals surface area contributed by atoms with E-state index in [-0.39, 0.29) is 0 Å². The highest BCUT2D eigenvalue weighted by Gasteiger charge is 1.85. The average molecular weight is 176 g/mol. The van der Waals surface area contributed by atoms with Gasteiger partial charge in [-0.3, -0.25) is 0 Å². The molecule has 0 radical (unpaired) electrons. The van der Waals surface area contributed by atoms with Crippen molar-refractivity contribution in [2.45, 2.75) is 6.92 Å². The summed E-state index contributed by atoms with van der Waals surface area (Å²) in [4.78, 5) is 21.6. The van der Waals surface area contributed by atoms with Crippen LogP contribution in [0.2, 0.25) is 0 Å². The molecule has 0 saturated carbocycles. The first-order valence-corrected chi connectivity index (χ1v) is 3.43. The normalized spacial score (nSPS) is 7.15. The van der Waals surface area contributed by atoms with Crippen molar-refractivity contribution in [1.29, 1.82) is 5.41 Å². The Kier molecular flexibility index (Phi) is 5.64. The third-order valence-electron chi connectivity index (χ3n) is 1.21. The van der Waals surface area contributed by atoms with E-state index in [0.29, 0.717) is 5.69 Å². The lowest BCUT2D eigenvalue weighted by Crippen LogP contribution is -1.67. The minimum Gasteiger partial charge on any atom is -0.222 e. The zero-order chi connectivity index (χ0) is 10.1. The Morgan fingerprint density at radius 3 is 2.08 bits per heavy atom. The van der Waals surface area contributed by atoms with Crippen LogP contribution < -0.4 is 0 Å². The molecule has 0 aliphatic carbocycles. The highest BCUT2D eigenvalue weighted by Crippen LogP contribution is 2.10. The van der Waals surface area contributed by atoms with Crippen LogP contribution in [0.4, 0.5) is 5.69 Å². The number of aryl methyl sites for hydroxylation is 1. The summed E-state index contributed by atoms with van der Waals surface area (Å²) in [5.74, 6) is 0. The second kappa shape index (κ2) is 6.68. The maximum atomic E-state index is 9.77. The number of nitrogens with zero attached hydrogens (tertiary/aromatic N) is 1. The van der Waals surface area contributed by atoms with Gasteiger partial charge in [-0.15, -0.1) is 0 Å². The fourth-order valence-electron chi connectivity index (χ4n) is 0.672. The van der Waals surface area contributed by atoms with E-state index in [1.807, 2.05) is 19.1 Å². The third kappa shape index (κ3) is 5.27. The fraction of sp³-hybridized carbons (Fsp3) is 0.111. The van der Waals surface area contributed by atoms with E-state index < -0.39 is 0 Å². The van der Waals surface area contributed by atoms with Crippen LogP contribution in [0.1, 0.15) is 5.56 Å². The van der Waals surface area contributed by atoms with Gasteiger partial charge < -0.3 is 0 Å². The molecule has 0 unspecified atom stereocenters. The molecule has 0 heterocycles. The molecule has 0 bridgehead atoms. The minimum atomic E-state index is 0.653. The molecule has 0 spiro atoms. The van der Waals surface area contributed by atoms with Gasteiger partial charge in [0, 0.05) is 0 Å². The molecule has 0 aromatic heterocycles. The predicted molar refractivity (Wildman–Crippen MR) is 47.4 cm³/mol. The van der Waals surface area contributed by atoms with E-state index in [9.17, 15) is 4.79 Å². The number of nitrogens with one attached hydrogen (secondary N) is 1. The fourth-order valence-corrected chi connectivity index (χ4v) is 0.672. The molecule has 13 heavy (non-hydrogen) atoms. The van der Waals surface area contributed by atoms with Crippen molar-refractivity contribution >= 4 is 17.8 Å². The van der Waals surface area contributed by atoms with Crippen LogP contribution in [-0.4, -0.2) is 12.2 Å². The van der Waals surface area contributed by atoms with Crippen molar-refractivity contribution in [2.24, 2.45) is 4.99 Å². The lowest BCUT2D eigenvalue weighted by molar-refractivity contribution is 0.562. The molecule has 4 heteroatoms. The number of benzene rings is 1. The summed E-state index contributed by atoms with van der Waals surface area (Å²) < 4.78 is 0. The molecular weight excluding hydrogens is 168 g/mol. The van der Waals surface area contributed by atoms with Crippen molar-refractivity contribution < 1.29 is 9.59 Å². The largest absolute Gasteiger partial charge is 0.240 e. The van der Waals surface area contributed by atoms with Gasteiger partial charge >= 0.3 is 0 Å². The number of hydrogen-bond donors (Lipinski definition) is 1. The minimum absolute atomic E-state index is 0.653. The summed E-state index contributed by atoms with van der Waals surface area (Å²) in [6.45, 7) is 1.98. The summed E-state index contributed by atoms with van der Waals surface area (Å²) >= 11 is 0. The highest BCUT2D eigenvalue weighted by molar-refractivity contribution is 5.48. The highest BCUT2D eigenvalue weighted by atomic mass is 16.1. The van der Waals surface area contributed by atoms with E-state index in [4.69, 9.17) is 10.2 Å². The van der Waals surface area contributed by atoms with E-state index in [2.05, 4.69) is 4.99 Å². The van der Waals surface area contributed by atoms with Gasteiger partial charge in [0.05, 0.1) is 5.69 Å². The summed E-state index contributed by atoms with van der Waals surface area (Å²) in [7, 11) is 0. The van der Waals surface area contributed by atoms with Crippen molar-refractivity contribution in [3.63, 3.8) is 0 Å². The number of hydrogen-bond acceptors (Lipinski definition) is 4. The van der Waals surface area contributed by atoms with Crippen LogP contribution in [0.5, 0.6) is 0 Å². The molecule has 66 valence electrons. The summed E-state index contributed by atoms with van der Waals surface area (Å²) in [5, 5.41) is 5.40. The Morgan fingerprint density at radius 2 is 1.69 bits per heavy atom. The first kappa shape index (κ1) is 11.0. The molecule has 0 amide bonds. The van der Waals surface area contributed by atoms with E-state index in [0.717, 1.165) is 11.6 Å². The van der Waals surface area contributed by atoms with Crippen molar-refractivity contribution in [1.82, 2.24) is 0 Å². The summed E-state index contributed by atoms with van der Waals surface area (Å²) in [6.07, 6.45) is 2.23. The molecule has 0 atom stereocenters. The molecule has 0 fully saturated rings. The molecule has 1 aromatic rings. The first-order chi connectivity index (χ1) is 6.24. The molecular formula is C9H8N2O2. The molecule has 0 saturated heterocycles. The van der Waals surface area contributed by atoms with Crippen molar-refractivity contribution in [3.05, 3.63) is 29.8 Å². The van der Waals surface area contributed by atoms with Gasteiger partial charge in [0.15, 0.2) is 0 Å². The van der Waals surface area contributed by atoms with Crippen LogP contribution in [0, 0.1) is 12.3 Å². The second-order valence-electron chi connectivity index (χ2n) is 2.14. The van der Waals surface area contributed by atoms with E-state index >= 15 is 0 Å². The Balaban J connectivity index is 0.000000424. The van der Waals surface area contributed by atoms with Gasteiger partial charge in [0.1, 0.15) is 0 Å². The Morgan fingerprint density at radius 1 is 1.23 bits per heavy atom. The van der Waals surface area contributed by atoms with E-state index in [1.165, 1.54) is 6.08 Å². The third-order valence-corrected chi connectivity index (χ3v) is 1.21. The molecule has 1 N–H and O–H groups in total. The average Bonchev–Trinajstić information content (AvgIpc) is 2.11. The smallest absolute Gasteiger partial charge is 0.222 e. The number of carbonyl (C=O) groups excluding carboxylic acids is 2.